The van der Waals surface area contributed by atoms with Crippen LogP contribution in [0.3, 0.4) is 0 Å². The topological polar surface area (TPSA) is 49.8 Å². The van der Waals surface area contributed by atoms with Crippen molar-refractivity contribution in [2.75, 3.05) is 26.3 Å². The molecule has 28 heavy (non-hydrogen) atoms. The van der Waals surface area contributed by atoms with Gasteiger partial charge in [0.1, 0.15) is 5.75 Å². The summed E-state index contributed by atoms with van der Waals surface area (Å²) in [5.41, 5.74) is -0.108. The second kappa shape index (κ2) is 6.81. The first-order valence-electron chi connectivity index (χ1n) is 9.10. The summed E-state index contributed by atoms with van der Waals surface area (Å²) in [5, 5.41) is 10.2. The average molecular weight is 391 g/mol. The first-order valence-corrected chi connectivity index (χ1v) is 9.10. The van der Waals surface area contributed by atoms with Crippen molar-refractivity contribution in [3.05, 3.63) is 65.2 Å². The third kappa shape index (κ3) is 3.24. The zero-order valence-corrected chi connectivity index (χ0v) is 15.1. The fraction of sp³-hybridized carbons (Fsp3) is 0.381. The number of halogens is 3. The Labute approximate surface area is 160 Å². The maximum atomic E-state index is 12.9. The summed E-state index contributed by atoms with van der Waals surface area (Å²) < 4.78 is 44.1. The number of alkyl halides is 3. The standard InChI is InChI=1S/C21H20F3NO3/c22-21(23,24)16-7-5-14(6-8-16)19(27)25-10-17-11-28-18-4-2-1-3-15(18)9-20(17,12-25)13-26/h1-8,17,26H,9-13H2/t17-,20-/m0/s1. The molecule has 2 aromatic rings. The van der Waals surface area contributed by atoms with Crippen molar-refractivity contribution in [2.24, 2.45) is 11.3 Å². The van der Waals surface area contributed by atoms with E-state index < -0.39 is 17.2 Å². The molecule has 148 valence electrons. The molecule has 2 heterocycles. The fourth-order valence-electron chi connectivity index (χ4n) is 4.20. The summed E-state index contributed by atoms with van der Waals surface area (Å²) in [7, 11) is 0. The summed E-state index contributed by atoms with van der Waals surface area (Å²) in [6.07, 6.45) is -3.85. The van der Waals surface area contributed by atoms with Crippen molar-refractivity contribution in [1.29, 1.82) is 0 Å². The van der Waals surface area contributed by atoms with Crippen LogP contribution < -0.4 is 4.74 Å². The molecule has 0 unspecified atom stereocenters. The Hall–Kier alpha value is -2.54. The maximum Gasteiger partial charge on any atom is 0.416 e. The Morgan fingerprint density at radius 1 is 1.18 bits per heavy atom. The SMILES string of the molecule is O=C(c1ccc(C(F)(F)F)cc1)N1C[C@H]2COc3ccccc3C[C@@]2(CO)C1. The highest BCUT2D eigenvalue weighted by atomic mass is 19.4. The molecule has 1 saturated heterocycles. The van der Waals surface area contributed by atoms with E-state index in [1.807, 2.05) is 24.3 Å². The van der Waals surface area contributed by atoms with E-state index >= 15 is 0 Å². The van der Waals surface area contributed by atoms with Crippen LogP contribution in [0.15, 0.2) is 48.5 Å². The van der Waals surface area contributed by atoms with Gasteiger partial charge in [0.25, 0.3) is 5.91 Å². The number of carbonyl (C=O) groups excluding carboxylic acids is 1. The number of nitrogens with zero attached hydrogens (tertiary/aromatic N) is 1. The summed E-state index contributed by atoms with van der Waals surface area (Å²) in [4.78, 5) is 14.5. The van der Waals surface area contributed by atoms with E-state index in [0.717, 1.165) is 23.4 Å². The molecule has 4 rings (SSSR count). The van der Waals surface area contributed by atoms with E-state index in [1.54, 1.807) is 4.90 Å². The molecule has 2 atom stereocenters. The number of para-hydroxylation sites is 1. The van der Waals surface area contributed by atoms with Crippen LogP contribution in [-0.2, 0) is 12.6 Å². The number of hydrogen-bond acceptors (Lipinski definition) is 3. The molecule has 0 radical (unpaired) electrons. The van der Waals surface area contributed by atoms with Gasteiger partial charge in [0.2, 0.25) is 0 Å². The number of likely N-dealkylation sites (tertiary alicyclic amines) is 1. The summed E-state index contributed by atoms with van der Waals surface area (Å²) in [5.74, 6) is 0.413. The quantitative estimate of drug-likeness (QED) is 0.854. The van der Waals surface area contributed by atoms with E-state index in [2.05, 4.69) is 0 Å². The van der Waals surface area contributed by atoms with Crippen LogP contribution in [0, 0.1) is 11.3 Å². The van der Waals surface area contributed by atoms with Gasteiger partial charge in [-0.25, -0.2) is 0 Å². The smallest absolute Gasteiger partial charge is 0.416 e. The Morgan fingerprint density at radius 3 is 2.57 bits per heavy atom. The highest BCUT2D eigenvalue weighted by molar-refractivity contribution is 5.94. The van der Waals surface area contributed by atoms with Crippen molar-refractivity contribution in [1.82, 2.24) is 4.90 Å². The van der Waals surface area contributed by atoms with Gasteiger partial charge in [-0.3, -0.25) is 4.79 Å². The number of aliphatic hydroxyl groups excluding tert-OH is 1. The molecule has 1 amide bonds. The molecular formula is C21H20F3NO3. The number of aliphatic hydroxyl groups is 1. The molecular weight excluding hydrogens is 371 g/mol. The number of ether oxygens (including phenoxy) is 1. The minimum Gasteiger partial charge on any atom is -0.493 e. The molecule has 4 nitrogen and oxygen atoms in total. The number of carbonyl (C=O) groups is 1. The van der Waals surface area contributed by atoms with E-state index in [1.165, 1.54) is 12.1 Å². The Balaban J connectivity index is 1.56. The Morgan fingerprint density at radius 2 is 1.89 bits per heavy atom. The molecule has 1 fully saturated rings. The number of benzene rings is 2. The highest BCUT2D eigenvalue weighted by Gasteiger charge is 2.49. The van der Waals surface area contributed by atoms with Crippen molar-refractivity contribution < 1.29 is 27.8 Å². The first-order chi connectivity index (χ1) is 13.3. The van der Waals surface area contributed by atoms with Crippen LogP contribution in [0.25, 0.3) is 0 Å². The number of amides is 1. The molecule has 7 heteroatoms. The number of fused-ring (bicyclic) bond motifs is 2. The monoisotopic (exact) mass is 391 g/mol. The third-order valence-corrected chi connectivity index (χ3v) is 5.83. The minimum atomic E-state index is -4.44. The largest absolute Gasteiger partial charge is 0.493 e. The molecule has 0 aromatic heterocycles. The van der Waals surface area contributed by atoms with Crippen LogP contribution in [0.2, 0.25) is 0 Å². The number of rotatable bonds is 2. The van der Waals surface area contributed by atoms with Gasteiger partial charge < -0.3 is 14.7 Å². The normalized spacial score (nSPS) is 24.1. The zero-order chi connectivity index (χ0) is 19.9. The van der Waals surface area contributed by atoms with E-state index in [0.29, 0.717) is 26.1 Å². The van der Waals surface area contributed by atoms with Gasteiger partial charge in [0.15, 0.2) is 0 Å². The molecule has 1 N–H and O–H groups in total. The van der Waals surface area contributed by atoms with Crippen molar-refractivity contribution in [3.63, 3.8) is 0 Å². The van der Waals surface area contributed by atoms with Crippen LogP contribution in [0.4, 0.5) is 13.2 Å². The summed E-state index contributed by atoms with van der Waals surface area (Å²) in [6, 6.07) is 11.9. The molecule has 0 aliphatic carbocycles. The molecule has 2 aromatic carbocycles. The van der Waals surface area contributed by atoms with Crippen molar-refractivity contribution >= 4 is 5.91 Å². The zero-order valence-electron chi connectivity index (χ0n) is 15.1. The Kier molecular flexibility index (Phi) is 4.57. The second-order valence-corrected chi connectivity index (χ2v) is 7.57. The van der Waals surface area contributed by atoms with Crippen LogP contribution in [-0.4, -0.2) is 42.2 Å². The van der Waals surface area contributed by atoms with Crippen molar-refractivity contribution in [2.45, 2.75) is 12.6 Å². The molecule has 0 spiro atoms. The van der Waals surface area contributed by atoms with Gasteiger partial charge in [0.05, 0.1) is 18.8 Å². The van der Waals surface area contributed by atoms with Gasteiger partial charge >= 0.3 is 6.18 Å². The van der Waals surface area contributed by atoms with Crippen molar-refractivity contribution in [3.8, 4) is 5.75 Å². The lowest BCUT2D eigenvalue weighted by Crippen LogP contribution is -2.38. The fourth-order valence-corrected chi connectivity index (χ4v) is 4.20. The van der Waals surface area contributed by atoms with Gasteiger partial charge in [-0.05, 0) is 42.3 Å². The predicted octanol–water partition coefficient (Wildman–Crippen LogP) is 3.39. The van der Waals surface area contributed by atoms with Gasteiger partial charge in [0, 0.05) is 30.0 Å². The first kappa shape index (κ1) is 18.8. The third-order valence-electron chi connectivity index (χ3n) is 5.83. The van der Waals surface area contributed by atoms with Crippen LogP contribution in [0.1, 0.15) is 21.5 Å². The van der Waals surface area contributed by atoms with Gasteiger partial charge in [-0.15, -0.1) is 0 Å². The number of hydrogen-bond donors (Lipinski definition) is 1. The molecule has 0 saturated carbocycles. The van der Waals surface area contributed by atoms with E-state index in [9.17, 15) is 23.1 Å². The minimum absolute atomic E-state index is 0.0525. The Bertz CT molecular complexity index is 881. The van der Waals surface area contributed by atoms with Gasteiger partial charge in [-0.1, -0.05) is 18.2 Å². The summed E-state index contributed by atoms with van der Waals surface area (Å²) in [6.45, 7) is 1.03. The molecule has 2 aliphatic heterocycles. The predicted molar refractivity (Wildman–Crippen MR) is 96.0 cm³/mol. The second-order valence-electron chi connectivity index (χ2n) is 7.57. The van der Waals surface area contributed by atoms with Crippen LogP contribution >= 0.6 is 0 Å². The van der Waals surface area contributed by atoms with Crippen LogP contribution in [0.5, 0.6) is 5.75 Å². The highest BCUT2D eigenvalue weighted by Crippen LogP contribution is 2.43. The molecule has 2 aliphatic rings. The summed E-state index contributed by atoms with van der Waals surface area (Å²) >= 11 is 0. The average Bonchev–Trinajstić information content (AvgIpc) is 2.97. The van der Waals surface area contributed by atoms with Gasteiger partial charge in [-0.2, -0.15) is 13.2 Å². The molecule has 0 bridgehead atoms. The lowest BCUT2D eigenvalue weighted by molar-refractivity contribution is -0.137. The van der Waals surface area contributed by atoms with E-state index in [-0.39, 0.29) is 24.0 Å². The maximum absolute atomic E-state index is 12.9. The van der Waals surface area contributed by atoms with E-state index in [4.69, 9.17) is 4.74 Å². The lowest BCUT2D eigenvalue weighted by Gasteiger charge is -2.30. The lowest BCUT2D eigenvalue weighted by atomic mass is 9.75.